The fourth-order valence-corrected chi connectivity index (χ4v) is 3.12. The van der Waals surface area contributed by atoms with Crippen molar-refractivity contribution < 1.29 is 14.0 Å². The third-order valence-electron chi connectivity index (χ3n) is 4.78. The largest absolute Gasteiger partial charge is 0.459 e. The zero-order valence-corrected chi connectivity index (χ0v) is 16.0. The average Bonchev–Trinajstić information content (AvgIpc) is 3.30. The molecule has 0 aliphatic carbocycles. The van der Waals surface area contributed by atoms with E-state index in [1.165, 1.54) is 18.0 Å². The summed E-state index contributed by atoms with van der Waals surface area (Å²) >= 11 is 0. The monoisotopic (exact) mass is 391 g/mol. The summed E-state index contributed by atoms with van der Waals surface area (Å²) < 4.78 is 5.16. The van der Waals surface area contributed by atoms with Crippen molar-refractivity contribution in [2.24, 2.45) is 0 Å². The lowest BCUT2D eigenvalue weighted by atomic mass is 10.2. The molecule has 3 heterocycles. The van der Waals surface area contributed by atoms with Crippen LogP contribution in [0.25, 0.3) is 0 Å². The number of benzene rings is 1. The highest BCUT2D eigenvalue weighted by Crippen LogP contribution is 2.15. The first-order valence-electron chi connectivity index (χ1n) is 9.38. The zero-order chi connectivity index (χ0) is 20.2. The molecule has 1 aliphatic heterocycles. The van der Waals surface area contributed by atoms with Crippen LogP contribution >= 0.6 is 0 Å². The summed E-state index contributed by atoms with van der Waals surface area (Å²) in [5.74, 6) is 0.532. The molecule has 148 valence electrons. The third-order valence-corrected chi connectivity index (χ3v) is 4.78. The van der Waals surface area contributed by atoms with Gasteiger partial charge in [0.15, 0.2) is 5.76 Å². The van der Waals surface area contributed by atoms with Gasteiger partial charge in [0.2, 0.25) is 0 Å². The number of hydrogen-bond acceptors (Lipinski definition) is 6. The Morgan fingerprint density at radius 1 is 0.931 bits per heavy atom. The fraction of sp³-hybridized carbons (Fsp3) is 0.238. The molecular weight excluding hydrogens is 370 g/mol. The van der Waals surface area contributed by atoms with Gasteiger partial charge in [-0.25, -0.2) is 9.97 Å². The molecule has 29 heavy (non-hydrogen) atoms. The molecule has 2 amide bonds. The van der Waals surface area contributed by atoms with E-state index in [2.05, 4.69) is 15.3 Å². The van der Waals surface area contributed by atoms with Crippen molar-refractivity contribution in [2.75, 3.05) is 31.5 Å². The van der Waals surface area contributed by atoms with Crippen molar-refractivity contribution >= 4 is 23.3 Å². The summed E-state index contributed by atoms with van der Waals surface area (Å²) in [6.07, 6.45) is 4.49. The van der Waals surface area contributed by atoms with Crippen LogP contribution in [-0.2, 0) is 0 Å². The predicted octanol–water partition coefficient (Wildman–Crippen LogP) is 2.72. The highest BCUT2D eigenvalue weighted by atomic mass is 16.3. The molecule has 1 fully saturated rings. The number of carbonyl (C=O) groups excluding carboxylic acids is 2. The lowest BCUT2D eigenvalue weighted by Gasteiger charge is -2.34. The van der Waals surface area contributed by atoms with Crippen molar-refractivity contribution in [3.8, 4) is 0 Å². The van der Waals surface area contributed by atoms with Gasteiger partial charge < -0.3 is 19.5 Å². The van der Waals surface area contributed by atoms with Crippen molar-refractivity contribution in [3.05, 3.63) is 72.1 Å². The van der Waals surface area contributed by atoms with Crippen LogP contribution in [0.2, 0.25) is 0 Å². The maximum absolute atomic E-state index is 12.7. The van der Waals surface area contributed by atoms with E-state index in [-0.39, 0.29) is 17.5 Å². The average molecular weight is 391 g/mol. The Bertz CT molecular complexity index is 976. The van der Waals surface area contributed by atoms with Gasteiger partial charge in [0.05, 0.1) is 18.7 Å². The molecule has 4 rings (SSSR count). The number of anilines is 2. The van der Waals surface area contributed by atoms with E-state index < -0.39 is 0 Å². The summed E-state index contributed by atoms with van der Waals surface area (Å²) in [6, 6.07) is 11.2. The van der Waals surface area contributed by atoms with Gasteiger partial charge in [0.25, 0.3) is 11.8 Å². The van der Waals surface area contributed by atoms with Gasteiger partial charge in [-0.3, -0.25) is 9.59 Å². The number of aromatic nitrogens is 2. The number of piperazine rings is 1. The molecule has 0 atom stereocenters. The molecule has 8 nitrogen and oxygen atoms in total. The van der Waals surface area contributed by atoms with E-state index in [1.807, 2.05) is 31.2 Å². The standard InChI is InChI=1S/C21H21N5O3/c1-15-4-6-16(7-5-15)24-19-14-22-17(13-23-19)20(27)25-8-10-26(11-9-25)21(28)18-3-2-12-29-18/h2-7,12-14H,8-11H2,1H3,(H,23,24). The predicted molar refractivity (Wildman–Crippen MR) is 107 cm³/mol. The number of rotatable bonds is 4. The van der Waals surface area contributed by atoms with Crippen molar-refractivity contribution in [2.45, 2.75) is 6.92 Å². The van der Waals surface area contributed by atoms with Gasteiger partial charge in [0.1, 0.15) is 11.5 Å². The molecular formula is C21H21N5O3. The smallest absolute Gasteiger partial charge is 0.289 e. The molecule has 1 aliphatic rings. The third kappa shape index (κ3) is 4.26. The molecule has 0 unspecified atom stereocenters. The molecule has 1 N–H and O–H groups in total. The normalized spacial score (nSPS) is 14.0. The lowest BCUT2D eigenvalue weighted by Crippen LogP contribution is -2.50. The highest BCUT2D eigenvalue weighted by molar-refractivity contribution is 5.93. The van der Waals surface area contributed by atoms with E-state index in [0.29, 0.717) is 37.8 Å². The van der Waals surface area contributed by atoms with Gasteiger partial charge in [-0.1, -0.05) is 17.7 Å². The molecule has 2 aromatic heterocycles. The minimum Gasteiger partial charge on any atom is -0.459 e. The molecule has 0 radical (unpaired) electrons. The summed E-state index contributed by atoms with van der Waals surface area (Å²) in [6.45, 7) is 3.81. The maximum Gasteiger partial charge on any atom is 0.289 e. The van der Waals surface area contributed by atoms with Crippen LogP contribution in [0, 0.1) is 6.92 Å². The Balaban J connectivity index is 1.34. The SMILES string of the molecule is Cc1ccc(Nc2cnc(C(=O)N3CCN(C(=O)c4ccco4)CC3)cn2)cc1. The van der Waals surface area contributed by atoms with Gasteiger partial charge >= 0.3 is 0 Å². The summed E-state index contributed by atoms with van der Waals surface area (Å²) in [4.78, 5) is 36.9. The minimum absolute atomic E-state index is 0.159. The van der Waals surface area contributed by atoms with E-state index in [9.17, 15) is 9.59 Å². The van der Waals surface area contributed by atoms with Crippen LogP contribution < -0.4 is 5.32 Å². The first-order chi connectivity index (χ1) is 14.1. The minimum atomic E-state index is -0.190. The summed E-state index contributed by atoms with van der Waals surface area (Å²) in [5, 5.41) is 3.16. The Labute approximate surface area is 168 Å². The quantitative estimate of drug-likeness (QED) is 0.735. The van der Waals surface area contributed by atoms with Gasteiger partial charge in [-0.05, 0) is 31.2 Å². The molecule has 0 spiro atoms. The molecule has 8 heteroatoms. The first-order valence-corrected chi connectivity index (χ1v) is 9.38. The zero-order valence-electron chi connectivity index (χ0n) is 16.0. The number of hydrogen-bond donors (Lipinski definition) is 1. The number of nitrogens with one attached hydrogen (secondary N) is 1. The molecule has 3 aromatic rings. The Kier molecular flexibility index (Phi) is 5.24. The van der Waals surface area contributed by atoms with Crippen LogP contribution in [0.3, 0.4) is 0 Å². The van der Waals surface area contributed by atoms with E-state index >= 15 is 0 Å². The van der Waals surface area contributed by atoms with E-state index in [0.717, 1.165) is 5.69 Å². The summed E-state index contributed by atoms with van der Waals surface area (Å²) in [5.41, 5.74) is 2.36. The van der Waals surface area contributed by atoms with Gasteiger partial charge in [0, 0.05) is 31.9 Å². The number of aryl methyl sites for hydroxylation is 1. The van der Waals surface area contributed by atoms with E-state index in [4.69, 9.17) is 4.42 Å². The maximum atomic E-state index is 12.7. The van der Waals surface area contributed by atoms with Crippen molar-refractivity contribution in [1.82, 2.24) is 19.8 Å². The second kappa shape index (κ2) is 8.14. The highest BCUT2D eigenvalue weighted by Gasteiger charge is 2.27. The van der Waals surface area contributed by atoms with Crippen molar-refractivity contribution in [1.29, 1.82) is 0 Å². The van der Waals surface area contributed by atoms with Crippen LogP contribution in [0.5, 0.6) is 0 Å². The number of amides is 2. The van der Waals surface area contributed by atoms with Gasteiger partial charge in [-0.2, -0.15) is 0 Å². The second-order valence-electron chi connectivity index (χ2n) is 6.84. The fourth-order valence-electron chi connectivity index (χ4n) is 3.12. The van der Waals surface area contributed by atoms with Crippen LogP contribution in [0.1, 0.15) is 26.6 Å². The van der Waals surface area contributed by atoms with Crippen molar-refractivity contribution in [3.63, 3.8) is 0 Å². The van der Waals surface area contributed by atoms with Crippen LogP contribution in [0.15, 0.2) is 59.5 Å². The summed E-state index contributed by atoms with van der Waals surface area (Å²) in [7, 11) is 0. The molecule has 1 saturated heterocycles. The van der Waals surface area contributed by atoms with Crippen LogP contribution in [0.4, 0.5) is 11.5 Å². The number of nitrogens with zero attached hydrogens (tertiary/aromatic N) is 4. The second-order valence-corrected chi connectivity index (χ2v) is 6.84. The molecule has 0 bridgehead atoms. The Hall–Kier alpha value is -3.68. The number of carbonyl (C=O) groups is 2. The lowest BCUT2D eigenvalue weighted by molar-refractivity contribution is 0.0515. The number of furan rings is 1. The molecule has 1 aromatic carbocycles. The first kappa shape index (κ1) is 18.7. The van der Waals surface area contributed by atoms with Gasteiger partial charge in [-0.15, -0.1) is 0 Å². The Morgan fingerprint density at radius 3 is 2.21 bits per heavy atom. The Morgan fingerprint density at radius 2 is 1.62 bits per heavy atom. The topological polar surface area (TPSA) is 91.6 Å². The molecule has 0 saturated carbocycles. The van der Waals surface area contributed by atoms with Crippen LogP contribution in [-0.4, -0.2) is 57.8 Å². The van der Waals surface area contributed by atoms with E-state index in [1.54, 1.807) is 28.1 Å².